The Morgan fingerprint density at radius 2 is 1.20 bits per heavy atom. The average molecular weight is 284 g/mol. The molecule has 0 spiro atoms. The first-order valence-electron chi connectivity index (χ1n) is 8.94. The largest absolute Gasteiger partial charge is 0.354 e. The van der Waals surface area contributed by atoms with Crippen LogP contribution in [0.3, 0.4) is 0 Å². The van der Waals surface area contributed by atoms with Gasteiger partial charge in [0, 0.05) is 13.0 Å². The van der Waals surface area contributed by atoms with Gasteiger partial charge in [-0.1, -0.05) is 84.0 Å². The highest BCUT2D eigenvalue weighted by Crippen LogP contribution is 2.12. The van der Waals surface area contributed by atoms with Crippen LogP contribution in [0.1, 0.15) is 104 Å². The van der Waals surface area contributed by atoms with E-state index in [4.69, 9.17) is 0 Å². The van der Waals surface area contributed by atoms with Gasteiger partial charge in [0.15, 0.2) is 0 Å². The van der Waals surface area contributed by atoms with E-state index in [9.17, 15) is 4.79 Å². The SMILES string of the molecule is CCCCCCCCCCCCCC[C@H](C)NC(C)=O. The molecule has 0 aliphatic carbocycles. The third-order valence-electron chi connectivity index (χ3n) is 3.94. The Morgan fingerprint density at radius 1 is 0.800 bits per heavy atom. The van der Waals surface area contributed by atoms with Crippen molar-refractivity contribution < 1.29 is 4.79 Å². The van der Waals surface area contributed by atoms with Gasteiger partial charge in [-0.25, -0.2) is 0 Å². The van der Waals surface area contributed by atoms with Crippen molar-refractivity contribution in [1.82, 2.24) is 5.32 Å². The smallest absolute Gasteiger partial charge is 0.217 e. The molecule has 2 heteroatoms. The average Bonchev–Trinajstić information content (AvgIpc) is 2.39. The maximum Gasteiger partial charge on any atom is 0.217 e. The molecule has 0 unspecified atom stereocenters. The summed E-state index contributed by atoms with van der Waals surface area (Å²) in [6.45, 7) is 5.97. The van der Waals surface area contributed by atoms with Crippen LogP contribution in [0.2, 0.25) is 0 Å². The molecule has 0 aromatic heterocycles. The number of amides is 1. The highest BCUT2D eigenvalue weighted by atomic mass is 16.1. The Labute approximate surface area is 127 Å². The minimum atomic E-state index is 0.0939. The van der Waals surface area contributed by atoms with Gasteiger partial charge in [0.05, 0.1) is 0 Å². The molecule has 0 saturated heterocycles. The molecule has 0 fully saturated rings. The monoisotopic (exact) mass is 283 g/mol. The minimum absolute atomic E-state index is 0.0939. The predicted molar refractivity (Wildman–Crippen MR) is 89.0 cm³/mol. The van der Waals surface area contributed by atoms with Gasteiger partial charge in [-0.3, -0.25) is 4.79 Å². The molecule has 0 aromatic rings. The fraction of sp³-hybridized carbons (Fsp3) is 0.944. The van der Waals surface area contributed by atoms with Gasteiger partial charge in [0.2, 0.25) is 5.91 Å². The van der Waals surface area contributed by atoms with E-state index < -0.39 is 0 Å². The zero-order chi connectivity index (χ0) is 15.1. The Balaban J connectivity index is 3.08. The zero-order valence-electron chi connectivity index (χ0n) is 14.2. The van der Waals surface area contributed by atoms with Crippen LogP contribution >= 0.6 is 0 Å². The summed E-state index contributed by atoms with van der Waals surface area (Å²) >= 11 is 0. The molecule has 20 heavy (non-hydrogen) atoms. The molecule has 2 nitrogen and oxygen atoms in total. The van der Waals surface area contributed by atoms with Gasteiger partial charge in [-0.2, -0.15) is 0 Å². The van der Waals surface area contributed by atoms with E-state index in [-0.39, 0.29) is 5.91 Å². The molecule has 0 aromatic carbocycles. The second kappa shape index (κ2) is 14.9. The van der Waals surface area contributed by atoms with E-state index in [0.29, 0.717) is 6.04 Å². The molecule has 0 saturated carbocycles. The van der Waals surface area contributed by atoms with Crippen molar-refractivity contribution in [2.24, 2.45) is 0 Å². The van der Waals surface area contributed by atoms with Crippen molar-refractivity contribution in [2.45, 2.75) is 110 Å². The quantitative estimate of drug-likeness (QED) is 0.413. The first kappa shape index (κ1) is 19.5. The minimum Gasteiger partial charge on any atom is -0.354 e. The van der Waals surface area contributed by atoms with Crippen LogP contribution < -0.4 is 5.32 Å². The molecule has 0 aliphatic rings. The van der Waals surface area contributed by atoms with E-state index in [0.717, 1.165) is 6.42 Å². The Bertz CT molecular complexity index is 215. The normalized spacial score (nSPS) is 12.3. The number of carbonyl (C=O) groups is 1. The van der Waals surface area contributed by atoms with Crippen LogP contribution in [0, 0.1) is 0 Å². The first-order chi connectivity index (χ1) is 9.66. The van der Waals surface area contributed by atoms with Crippen LogP contribution in [0.15, 0.2) is 0 Å². The summed E-state index contributed by atoms with van der Waals surface area (Å²) in [5, 5.41) is 2.94. The first-order valence-corrected chi connectivity index (χ1v) is 8.94. The van der Waals surface area contributed by atoms with E-state index in [1.807, 2.05) is 0 Å². The number of nitrogens with one attached hydrogen (secondary N) is 1. The van der Waals surface area contributed by atoms with Crippen LogP contribution in [0.5, 0.6) is 0 Å². The third kappa shape index (κ3) is 15.5. The molecule has 0 aliphatic heterocycles. The lowest BCUT2D eigenvalue weighted by atomic mass is 10.0. The molecule has 0 radical (unpaired) electrons. The summed E-state index contributed by atoms with van der Waals surface area (Å²) in [5.41, 5.74) is 0. The predicted octanol–water partition coefficient (Wildman–Crippen LogP) is 5.60. The van der Waals surface area contributed by atoms with Crippen LogP contribution in [0.25, 0.3) is 0 Å². The number of rotatable bonds is 14. The van der Waals surface area contributed by atoms with E-state index in [1.165, 1.54) is 77.0 Å². The lowest BCUT2D eigenvalue weighted by Crippen LogP contribution is -2.30. The molecule has 0 heterocycles. The van der Waals surface area contributed by atoms with Crippen molar-refractivity contribution >= 4 is 5.91 Å². The maximum absolute atomic E-state index is 10.9. The molecule has 120 valence electrons. The molecule has 1 N–H and O–H groups in total. The van der Waals surface area contributed by atoms with E-state index >= 15 is 0 Å². The number of hydrogen-bond donors (Lipinski definition) is 1. The highest BCUT2D eigenvalue weighted by Gasteiger charge is 2.02. The topological polar surface area (TPSA) is 29.1 Å². The molecule has 0 rings (SSSR count). The molecular weight excluding hydrogens is 246 g/mol. The van der Waals surface area contributed by atoms with Crippen LogP contribution in [-0.2, 0) is 4.79 Å². The van der Waals surface area contributed by atoms with Gasteiger partial charge in [0.1, 0.15) is 0 Å². The Morgan fingerprint density at radius 3 is 1.60 bits per heavy atom. The fourth-order valence-corrected chi connectivity index (χ4v) is 2.71. The number of hydrogen-bond acceptors (Lipinski definition) is 1. The van der Waals surface area contributed by atoms with Crippen molar-refractivity contribution in [3.63, 3.8) is 0 Å². The molecule has 1 atom stereocenters. The van der Waals surface area contributed by atoms with Crippen molar-refractivity contribution in [3.05, 3.63) is 0 Å². The summed E-state index contributed by atoms with van der Waals surface area (Å²) < 4.78 is 0. The third-order valence-corrected chi connectivity index (χ3v) is 3.94. The second-order valence-corrected chi connectivity index (χ2v) is 6.28. The summed E-state index contributed by atoms with van der Waals surface area (Å²) in [5.74, 6) is 0.0939. The standard InChI is InChI=1S/C18H37NO/c1-4-5-6-7-8-9-10-11-12-13-14-15-16-17(2)19-18(3)20/h17H,4-16H2,1-3H3,(H,19,20)/t17-/m0/s1. The number of carbonyl (C=O) groups excluding carboxylic acids is 1. The summed E-state index contributed by atoms with van der Waals surface area (Å²) in [7, 11) is 0. The lowest BCUT2D eigenvalue weighted by molar-refractivity contribution is -0.119. The van der Waals surface area contributed by atoms with Gasteiger partial charge in [0.25, 0.3) is 0 Å². The highest BCUT2D eigenvalue weighted by molar-refractivity contribution is 5.73. The number of unbranched alkanes of at least 4 members (excludes halogenated alkanes) is 11. The van der Waals surface area contributed by atoms with Crippen LogP contribution in [-0.4, -0.2) is 11.9 Å². The second-order valence-electron chi connectivity index (χ2n) is 6.28. The van der Waals surface area contributed by atoms with Crippen LogP contribution in [0.4, 0.5) is 0 Å². The van der Waals surface area contributed by atoms with E-state index in [2.05, 4.69) is 19.2 Å². The van der Waals surface area contributed by atoms with Crippen molar-refractivity contribution in [2.75, 3.05) is 0 Å². The van der Waals surface area contributed by atoms with Gasteiger partial charge in [-0.05, 0) is 13.3 Å². The van der Waals surface area contributed by atoms with Gasteiger partial charge in [-0.15, -0.1) is 0 Å². The summed E-state index contributed by atoms with van der Waals surface area (Å²) in [4.78, 5) is 10.9. The summed E-state index contributed by atoms with van der Waals surface area (Å²) in [6, 6.07) is 0.343. The summed E-state index contributed by atoms with van der Waals surface area (Å²) in [6.07, 6.45) is 17.8. The van der Waals surface area contributed by atoms with Crippen molar-refractivity contribution in [1.29, 1.82) is 0 Å². The Hall–Kier alpha value is -0.530. The fourth-order valence-electron chi connectivity index (χ4n) is 2.71. The molecule has 1 amide bonds. The Kier molecular flexibility index (Phi) is 14.5. The van der Waals surface area contributed by atoms with E-state index in [1.54, 1.807) is 6.92 Å². The molecule has 0 bridgehead atoms. The van der Waals surface area contributed by atoms with Gasteiger partial charge < -0.3 is 5.32 Å². The maximum atomic E-state index is 10.9. The molecular formula is C18H37NO. The van der Waals surface area contributed by atoms with Gasteiger partial charge >= 0.3 is 0 Å². The zero-order valence-corrected chi connectivity index (χ0v) is 14.2. The lowest BCUT2D eigenvalue weighted by Gasteiger charge is -2.11. The van der Waals surface area contributed by atoms with Crippen molar-refractivity contribution in [3.8, 4) is 0 Å².